The Bertz CT molecular complexity index is 913. The van der Waals surface area contributed by atoms with Gasteiger partial charge in [0.15, 0.2) is 11.5 Å². The van der Waals surface area contributed by atoms with Gasteiger partial charge in [-0.3, -0.25) is 9.59 Å². The fraction of sp³-hybridized carbons (Fsp3) is 0.211. The Morgan fingerprint density at radius 1 is 1.12 bits per heavy atom. The normalized spacial score (nSPS) is 10.6. The van der Waals surface area contributed by atoms with E-state index in [4.69, 9.17) is 4.42 Å². The van der Waals surface area contributed by atoms with Crippen molar-refractivity contribution in [2.75, 3.05) is 11.9 Å². The Hall–Kier alpha value is -3.15. The Morgan fingerprint density at radius 2 is 1.88 bits per heavy atom. The minimum Gasteiger partial charge on any atom is -0.441 e. The number of carbonyl (C=O) groups excluding carboxylic acids is 2. The molecule has 0 radical (unpaired) electrons. The summed E-state index contributed by atoms with van der Waals surface area (Å²) in [5, 5.41) is 5.56. The van der Waals surface area contributed by atoms with Crippen LogP contribution in [0.5, 0.6) is 0 Å². The molecular formula is C19H19N3O3. The minimum atomic E-state index is -0.146. The molecule has 3 rings (SSSR count). The maximum atomic E-state index is 12.2. The first-order chi connectivity index (χ1) is 12.0. The van der Waals surface area contributed by atoms with Crippen LogP contribution in [0, 0.1) is 6.92 Å². The molecule has 0 fully saturated rings. The van der Waals surface area contributed by atoms with E-state index in [2.05, 4.69) is 15.6 Å². The van der Waals surface area contributed by atoms with E-state index in [0.29, 0.717) is 30.1 Å². The highest BCUT2D eigenvalue weighted by Gasteiger charge is 2.07. The molecule has 0 bridgehead atoms. The zero-order valence-electron chi connectivity index (χ0n) is 14.1. The number of hydrogen-bond acceptors (Lipinski definition) is 4. The summed E-state index contributed by atoms with van der Waals surface area (Å²) in [6.45, 7) is 3.78. The summed E-state index contributed by atoms with van der Waals surface area (Å²) in [7, 11) is 0. The van der Waals surface area contributed by atoms with Gasteiger partial charge in [-0.05, 0) is 48.4 Å². The molecule has 0 saturated heterocycles. The van der Waals surface area contributed by atoms with Gasteiger partial charge in [0.2, 0.25) is 5.91 Å². The molecule has 128 valence electrons. The van der Waals surface area contributed by atoms with E-state index in [1.54, 1.807) is 24.3 Å². The van der Waals surface area contributed by atoms with Crippen LogP contribution in [-0.2, 0) is 11.2 Å². The van der Waals surface area contributed by atoms with Crippen molar-refractivity contribution in [1.82, 2.24) is 10.3 Å². The lowest BCUT2D eigenvalue weighted by atomic mass is 10.1. The van der Waals surface area contributed by atoms with Gasteiger partial charge in [0.25, 0.3) is 5.91 Å². The number of nitrogens with one attached hydrogen (secondary N) is 2. The van der Waals surface area contributed by atoms with Gasteiger partial charge in [-0.2, -0.15) is 0 Å². The van der Waals surface area contributed by atoms with Gasteiger partial charge in [-0.25, -0.2) is 4.98 Å². The molecule has 0 aliphatic rings. The molecule has 2 N–H and O–H groups in total. The van der Waals surface area contributed by atoms with Crippen LogP contribution in [0.4, 0.5) is 5.69 Å². The molecule has 0 unspecified atom stereocenters. The number of rotatable bonds is 5. The zero-order chi connectivity index (χ0) is 17.8. The number of aromatic nitrogens is 1. The van der Waals surface area contributed by atoms with Gasteiger partial charge >= 0.3 is 0 Å². The van der Waals surface area contributed by atoms with Crippen LogP contribution >= 0.6 is 0 Å². The number of anilines is 1. The van der Waals surface area contributed by atoms with E-state index in [9.17, 15) is 9.59 Å². The number of oxazole rings is 1. The smallest absolute Gasteiger partial charge is 0.251 e. The molecule has 6 nitrogen and oxygen atoms in total. The SMILES string of the molecule is CC(=O)Nc1ccc(C(=O)NCCc2ccc3oc(C)nc3c2)cc1. The molecule has 0 saturated carbocycles. The maximum Gasteiger partial charge on any atom is 0.251 e. The number of hydrogen-bond donors (Lipinski definition) is 2. The van der Waals surface area contributed by atoms with Crippen LogP contribution in [0.3, 0.4) is 0 Å². The predicted octanol–water partition coefficient (Wildman–Crippen LogP) is 3.07. The monoisotopic (exact) mass is 337 g/mol. The van der Waals surface area contributed by atoms with E-state index in [1.165, 1.54) is 6.92 Å². The molecular weight excluding hydrogens is 318 g/mol. The maximum absolute atomic E-state index is 12.2. The Labute approximate surface area is 145 Å². The number of nitrogens with zero attached hydrogens (tertiary/aromatic N) is 1. The summed E-state index contributed by atoms with van der Waals surface area (Å²) < 4.78 is 5.45. The average molecular weight is 337 g/mol. The lowest BCUT2D eigenvalue weighted by molar-refractivity contribution is -0.114. The first kappa shape index (κ1) is 16.7. The lowest BCUT2D eigenvalue weighted by Crippen LogP contribution is -2.25. The van der Waals surface area contributed by atoms with Crippen molar-refractivity contribution in [3.63, 3.8) is 0 Å². The van der Waals surface area contributed by atoms with Gasteiger partial charge in [-0.15, -0.1) is 0 Å². The van der Waals surface area contributed by atoms with E-state index >= 15 is 0 Å². The first-order valence-corrected chi connectivity index (χ1v) is 8.03. The summed E-state index contributed by atoms with van der Waals surface area (Å²) in [4.78, 5) is 27.5. The van der Waals surface area contributed by atoms with Crippen molar-refractivity contribution in [2.24, 2.45) is 0 Å². The third-order valence-electron chi connectivity index (χ3n) is 3.73. The van der Waals surface area contributed by atoms with Gasteiger partial charge in [0.05, 0.1) is 0 Å². The van der Waals surface area contributed by atoms with Crippen molar-refractivity contribution in [1.29, 1.82) is 0 Å². The highest BCUT2D eigenvalue weighted by atomic mass is 16.3. The summed E-state index contributed by atoms with van der Waals surface area (Å²) in [6, 6.07) is 12.6. The number of amides is 2. The van der Waals surface area contributed by atoms with E-state index in [0.717, 1.165) is 16.7 Å². The summed E-state index contributed by atoms with van der Waals surface area (Å²) in [5.41, 5.74) is 3.90. The highest BCUT2D eigenvalue weighted by molar-refractivity contribution is 5.95. The fourth-order valence-corrected chi connectivity index (χ4v) is 2.57. The van der Waals surface area contributed by atoms with Crippen LogP contribution < -0.4 is 10.6 Å². The molecule has 0 aliphatic heterocycles. The third-order valence-corrected chi connectivity index (χ3v) is 3.73. The number of benzene rings is 2. The molecule has 2 amide bonds. The lowest BCUT2D eigenvalue weighted by Gasteiger charge is -2.07. The Kier molecular flexibility index (Phi) is 4.79. The van der Waals surface area contributed by atoms with Crippen LogP contribution in [0.15, 0.2) is 46.9 Å². The zero-order valence-corrected chi connectivity index (χ0v) is 14.1. The third kappa shape index (κ3) is 4.23. The molecule has 0 aliphatic carbocycles. The van der Waals surface area contributed by atoms with Gasteiger partial charge in [0.1, 0.15) is 5.52 Å². The number of carbonyl (C=O) groups is 2. The van der Waals surface area contributed by atoms with Crippen LogP contribution in [-0.4, -0.2) is 23.3 Å². The Morgan fingerprint density at radius 3 is 2.60 bits per heavy atom. The van der Waals surface area contributed by atoms with E-state index in [-0.39, 0.29) is 11.8 Å². The van der Waals surface area contributed by atoms with E-state index in [1.807, 2.05) is 25.1 Å². The second kappa shape index (κ2) is 7.17. The standard InChI is InChI=1S/C19H19N3O3/c1-12(23)21-16-6-4-15(5-7-16)19(24)20-10-9-14-3-8-18-17(11-14)22-13(2)25-18/h3-8,11H,9-10H2,1-2H3,(H,20,24)(H,21,23). The number of fused-ring (bicyclic) bond motifs is 1. The molecule has 1 heterocycles. The van der Waals surface area contributed by atoms with E-state index < -0.39 is 0 Å². The Balaban J connectivity index is 1.55. The fourth-order valence-electron chi connectivity index (χ4n) is 2.57. The summed E-state index contributed by atoms with van der Waals surface area (Å²) >= 11 is 0. The van der Waals surface area contributed by atoms with Gasteiger partial charge in [-0.1, -0.05) is 6.07 Å². The number of aryl methyl sites for hydroxylation is 1. The summed E-state index contributed by atoms with van der Waals surface area (Å²) in [5.74, 6) is 0.354. The first-order valence-electron chi connectivity index (χ1n) is 8.03. The minimum absolute atomic E-state index is 0.142. The van der Waals surface area contributed by atoms with Crippen molar-refractivity contribution in [2.45, 2.75) is 20.3 Å². The van der Waals surface area contributed by atoms with Crippen molar-refractivity contribution >= 4 is 28.6 Å². The van der Waals surface area contributed by atoms with Crippen molar-refractivity contribution in [3.8, 4) is 0 Å². The molecule has 0 spiro atoms. The summed E-state index contributed by atoms with van der Waals surface area (Å²) in [6.07, 6.45) is 0.706. The molecule has 2 aromatic carbocycles. The molecule has 0 atom stereocenters. The molecule has 25 heavy (non-hydrogen) atoms. The second-order valence-electron chi connectivity index (χ2n) is 5.80. The van der Waals surface area contributed by atoms with Crippen LogP contribution in [0.2, 0.25) is 0 Å². The average Bonchev–Trinajstić information content (AvgIpc) is 2.94. The second-order valence-corrected chi connectivity index (χ2v) is 5.80. The van der Waals surface area contributed by atoms with Gasteiger partial charge < -0.3 is 15.1 Å². The quantitative estimate of drug-likeness (QED) is 0.749. The molecule has 3 aromatic rings. The van der Waals surface area contributed by atoms with Crippen molar-refractivity contribution < 1.29 is 14.0 Å². The largest absolute Gasteiger partial charge is 0.441 e. The highest BCUT2D eigenvalue weighted by Crippen LogP contribution is 2.17. The van der Waals surface area contributed by atoms with Crippen LogP contribution in [0.1, 0.15) is 28.7 Å². The van der Waals surface area contributed by atoms with Crippen molar-refractivity contribution in [3.05, 3.63) is 59.5 Å². The predicted molar refractivity (Wildman–Crippen MR) is 95.5 cm³/mol. The molecule has 1 aromatic heterocycles. The van der Waals surface area contributed by atoms with Crippen LogP contribution in [0.25, 0.3) is 11.1 Å². The van der Waals surface area contributed by atoms with Gasteiger partial charge in [0, 0.05) is 31.6 Å². The topological polar surface area (TPSA) is 84.2 Å². The molecule has 6 heteroatoms.